The van der Waals surface area contributed by atoms with Crippen LogP contribution >= 0.6 is 0 Å². The lowest BCUT2D eigenvalue weighted by Crippen LogP contribution is -2.18. The van der Waals surface area contributed by atoms with E-state index in [0.29, 0.717) is 16.8 Å². The van der Waals surface area contributed by atoms with Crippen LogP contribution in [0, 0.1) is 5.82 Å². The number of aromatic nitrogens is 3. The van der Waals surface area contributed by atoms with Crippen LogP contribution in [0.5, 0.6) is 0 Å². The van der Waals surface area contributed by atoms with E-state index in [0.717, 1.165) is 12.0 Å². The van der Waals surface area contributed by atoms with E-state index in [2.05, 4.69) is 15.4 Å². The van der Waals surface area contributed by atoms with E-state index in [-0.39, 0.29) is 36.1 Å². The molecule has 0 aliphatic rings. The number of halogens is 1. The molecular formula is C25H23FN4O3. The largest absolute Gasteiger partial charge is 0.466 e. The third kappa shape index (κ3) is 4.74. The summed E-state index contributed by atoms with van der Waals surface area (Å²) in [5.41, 5.74) is 2.82. The fraction of sp³-hybridized carbons (Fsp3) is 0.200. The number of ether oxygens (including phenoxy) is 1. The Morgan fingerprint density at radius 3 is 2.70 bits per heavy atom. The average Bonchev–Trinajstić information content (AvgIpc) is 3.29. The SMILES string of the molecule is CCOC(=O)Cc1ccccc1NC(=O)c1nc(-c2cc(CC)ccc2F)nn2cccc12. The Morgan fingerprint density at radius 1 is 1.09 bits per heavy atom. The molecule has 0 saturated heterocycles. The Kier molecular flexibility index (Phi) is 6.44. The molecule has 4 aromatic rings. The lowest BCUT2D eigenvalue weighted by Gasteiger charge is -2.12. The summed E-state index contributed by atoms with van der Waals surface area (Å²) < 4.78 is 21.1. The van der Waals surface area contributed by atoms with Crippen LogP contribution in [0.2, 0.25) is 0 Å². The molecule has 4 rings (SSSR count). The molecule has 0 unspecified atom stereocenters. The first-order chi connectivity index (χ1) is 16.0. The van der Waals surface area contributed by atoms with E-state index in [9.17, 15) is 14.0 Å². The number of hydrogen-bond acceptors (Lipinski definition) is 5. The van der Waals surface area contributed by atoms with Crippen molar-refractivity contribution in [2.45, 2.75) is 26.7 Å². The Morgan fingerprint density at radius 2 is 1.91 bits per heavy atom. The van der Waals surface area contributed by atoms with Gasteiger partial charge in [-0.15, -0.1) is 5.10 Å². The molecule has 7 nitrogen and oxygen atoms in total. The van der Waals surface area contributed by atoms with Gasteiger partial charge in [-0.2, -0.15) is 0 Å². The molecule has 1 amide bonds. The third-order valence-corrected chi connectivity index (χ3v) is 5.19. The zero-order chi connectivity index (χ0) is 23.4. The van der Waals surface area contributed by atoms with Crippen LogP contribution < -0.4 is 5.32 Å². The standard InChI is InChI=1S/C25H23FN4O3/c1-3-16-11-12-19(26)18(14-16)24-28-23(21-10-7-13-30(21)29-24)25(32)27-20-9-6-5-8-17(20)15-22(31)33-4-2/h5-14H,3-4,15H2,1-2H3,(H,27,32). The first kappa shape index (κ1) is 22.1. The van der Waals surface area contributed by atoms with Crippen LogP contribution in [0.4, 0.5) is 10.1 Å². The topological polar surface area (TPSA) is 85.6 Å². The van der Waals surface area contributed by atoms with Gasteiger partial charge in [0.2, 0.25) is 0 Å². The Labute approximate surface area is 190 Å². The maximum absolute atomic E-state index is 14.6. The van der Waals surface area contributed by atoms with E-state index in [4.69, 9.17) is 4.74 Å². The molecule has 0 aliphatic heterocycles. The van der Waals surface area contributed by atoms with Crippen molar-refractivity contribution < 1.29 is 18.7 Å². The number of nitrogens with zero attached hydrogens (tertiary/aromatic N) is 3. The molecule has 0 saturated carbocycles. The number of hydrogen-bond donors (Lipinski definition) is 1. The zero-order valence-corrected chi connectivity index (χ0v) is 18.3. The van der Waals surface area contributed by atoms with E-state index >= 15 is 0 Å². The summed E-state index contributed by atoms with van der Waals surface area (Å²) in [6.45, 7) is 3.98. The summed E-state index contributed by atoms with van der Waals surface area (Å²) in [4.78, 5) is 29.6. The minimum atomic E-state index is -0.495. The summed E-state index contributed by atoms with van der Waals surface area (Å²) in [6, 6.07) is 15.2. The van der Waals surface area contributed by atoms with Crippen molar-refractivity contribution in [3.8, 4) is 11.4 Å². The fourth-order valence-electron chi connectivity index (χ4n) is 3.52. The molecule has 0 bridgehead atoms. The number of nitrogens with one attached hydrogen (secondary N) is 1. The zero-order valence-electron chi connectivity index (χ0n) is 18.3. The van der Waals surface area contributed by atoms with Gasteiger partial charge in [-0.1, -0.05) is 31.2 Å². The maximum atomic E-state index is 14.6. The first-order valence-electron chi connectivity index (χ1n) is 10.7. The lowest BCUT2D eigenvalue weighted by atomic mass is 10.1. The molecule has 1 N–H and O–H groups in total. The minimum Gasteiger partial charge on any atom is -0.466 e. The molecule has 2 aromatic carbocycles. The van der Waals surface area contributed by atoms with Crippen LogP contribution in [0.25, 0.3) is 16.9 Å². The maximum Gasteiger partial charge on any atom is 0.310 e. The number of esters is 1. The highest BCUT2D eigenvalue weighted by Crippen LogP contribution is 2.24. The minimum absolute atomic E-state index is 0.0227. The van der Waals surface area contributed by atoms with Crippen LogP contribution in [-0.4, -0.2) is 33.1 Å². The van der Waals surface area contributed by atoms with Gasteiger partial charge in [0, 0.05) is 11.9 Å². The number of amides is 1. The monoisotopic (exact) mass is 446 g/mol. The number of carbonyl (C=O) groups excluding carboxylic acids is 2. The van der Waals surface area contributed by atoms with Crippen molar-refractivity contribution in [2.75, 3.05) is 11.9 Å². The number of fused-ring (bicyclic) bond motifs is 1. The molecule has 0 spiro atoms. The van der Waals surface area contributed by atoms with Crippen LogP contribution in [-0.2, 0) is 22.4 Å². The number of aryl methyl sites for hydroxylation is 1. The van der Waals surface area contributed by atoms with Crippen LogP contribution in [0.1, 0.15) is 35.5 Å². The smallest absolute Gasteiger partial charge is 0.310 e. The average molecular weight is 446 g/mol. The van der Waals surface area contributed by atoms with Crippen molar-refractivity contribution in [3.05, 3.63) is 83.4 Å². The molecule has 0 fully saturated rings. The molecular weight excluding hydrogens is 423 g/mol. The highest BCUT2D eigenvalue weighted by molar-refractivity contribution is 6.08. The van der Waals surface area contributed by atoms with Crippen molar-refractivity contribution in [1.82, 2.24) is 14.6 Å². The Balaban J connectivity index is 1.72. The molecule has 168 valence electrons. The van der Waals surface area contributed by atoms with Gasteiger partial charge < -0.3 is 10.1 Å². The molecule has 33 heavy (non-hydrogen) atoms. The Bertz CT molecular complexity index is 1330. The van der Waals surface area contributed by atoms with E-state index in [1.807, 2.05) is 6.92 Å². The van der Waals surface area contributed by atoms with Crippen molar-refractivity contribution in [1.29, 1.82) is 0 Å². The van der Waals surface area contributed by atoms with Gasteiger partial charge in [-0.3, -0.25) is 9.59 Å². The van der Waals surface area contributed by atoms with Gasteiger partial charge in [-0.25, -0.2) is 13.9 Å². The molecule has 2 aromatic heterocycles. The van der Waals surface area contributed by atoms with Crippen molar-refractivity contribution >= 4 is 23.1 Å². The second kappa shape index (κ2) is 9.60. The second-order valence-corrected chi connectivity index (χ2v) is 7.38. The van der Waals surface area contributed by atoms with Crippen LogP contribution in [0.3, 0.4) is 0 Å². The van der Waals surface area contributed by atoms with E-state index in [1.165, 1.54) is 10.6 Å². The van der Waals surface area contributed by atoms with Gasteiger partial charge in [0.05, 0.1) is 24.1 Å². The summed E-state index contributed by atoms with van der Waals surface area (Å²) in [6.07, 6.45) is 2.42. The number of benzene rings is 2. The Hall–Kier alpha value is -4.07. The summed E-state index contributed by atoms with van der Waals surface area (Å²) in [5.74, 6) is -1.24. The first-order valence-corrected chi connectivity index (χ1v) is 10.7. The molecule has 2 heterocycles. The third-order valence-electron chi connectivity index (χ3n) is 5.19. The van der Waals surface area contributed by atoms with Gasteiger partial charge in [-0.05, 0) is 54.8 Å². The number of rotatable bonds is 7. The highest BCUT2D eigenvalue weighted by atomic mass is 19.1. The molecule has 0 aliphatic carbocycles. The second-order valence-electron chi connectivity index (χ2n) is 7.38. The summed E-state index contributed by atoms with van der Waals surface area (Å²) in [7, 11) is 0. The highest BCUT2D eigenvalue weighted by Gasteiger charge is 2.19. The lowest BCUT2D eigenvalue weighted by molar-refractivity contribution is -0.142. The van der Waals surface area contributed by atoms with Crippen molar-refractivity contribution in [3.63, 3.8) is 0 Å². The quantitative estimate of drug-likeness (QED) is 0.424. The number of para-hydroxylation sites is 1. The van der Waals surface area contributed by atoms with Crippen LogP contribution in [0.15, 0.2) is 60.8 Å². The predicted octanol–water partition coefficient (Wildman–Crippen LogP) is 4.46. The fourth-order valence-corrected chi connectivity index (χ4v) is 3.52. The van der Waals surface area contributed by atoms with Gasteiger partial charge in [0.1, 0.15) is 5.82 Å². The van der Waals surface area contributed by atoms with Gasteiger partial charge in [0.25, 0.3) is 5.91 Å². The van der Waals surface area contributed by atoms with E-state index < -0.39 is 11.7 Å². The molecule has 8 heteroatoms. The van der Waals surface area contributed by atoms with E-state index in [1.54, 1.807) is 61.7 Å². The number of carbonyl (C=O) groups is 2. The number of anilines is 1. The molecule has 0 radical (unpaired) electrons. The summed E-state index contributed by atoms with van der Waals surface area (Å²) >= 11 is 0. The van der Waals surface area contributed by atoms with Crippen molar-refractivity contribution in [2.24, 2.45) is 0 Å². The summed E-state index contributed by atoms with van der Waals surface area (Å²) in [5, 5.41) is 7.22. The predicted molar refractivity (Wildman–Crippen MR) is 122 cm³/mol. The normalized spacial score (nSPS) is 10.9. The van der Waals surface area contributed by atoms with Gasteiger partial charge >= 0.3 is 5.97 Å². The molecule has 0 atom stereocenters. The van der Waals surface area contributed by atoms with Gasteiger partial charge in [0.15, 0.2) is 11.5 Å².